The minimum absolute atomic E-state index is 0.0508. The molecule has 1 saturated heterocycles. The third-order valence-electron chi connectivity index (χ3n) is 5.01. The Hall–Kier alpha value is -2.32. The van der Waals surface area contributed by atoms with E-state index in [1.807, 2.05) is 26.0 Å². The number of rotatable bonds is 5. The molecule has 1 fully saturated rings. The molecule has 7 nitrogen and oxygen atoms in total. The molecule has 0 bridgehead atoms. The van der Waals surface area contributed by atoms with Crippen molar-refractivity contribution in [3.05, 3.63) is 55.8 Å². The third kappa shape index (κ3) is 3.59. The van der Waals surface area contributed by atoms with Crippen LogP contribution in [-0.4, -0.2) is 27.5 Å². The second kappa shape index (κ2) is 7.36. The highest BCUT2D eigenvalue weighted by Gasteiger charge is 2.20. The van der Waals surface area contributed by atoms with Crippen LogP contribution < -0.4 is 11.3 Å². The van der Waals surface area contributed by atoms with E-state index in [4.69, 9.17) is 9.15 Å². The van der Waals surface area contributed by atoms with Gasteiger partial charge in [0.05, 0.1) is 12.6 Å². The summed E-state index contributed by atoms with van der Waals surface area (Å²) in [5.74, 6) is 0.514. The number of nitrogens with zero attached hydrogens (tertiary/aromatic N) is 2. The molecule has 0 aliphatic carbocycles. The lowest BCUT2D eigenvalue weighted by atomic mass is 10.0. The summed E-state index contributed by atoms with van der Waals surface area (Å²) in [7, 11) is 0. The quantitative estimate of drug-likeness (QED) is 0.535. The van der Waals surface area contributed by atoms with Gasteiger partial charge in [0.1, 0.15) is 5.58 Å². The summed E-state index contributed by atoms with van der Waals surface area (Å²) >= 11 is 1.42. The Labute approximate surface area is 159 Å². The van der Waals surface area contributed by atoms with Crippen LogP contribution in [0.5, 0.6) is 0 Å². The first-order chi connectivity index (χ1) is 13.0. The van der Waals surface area contributed by atoms with Crippen molar-refractivity contribution in [2.45, 2.75) is 50.2 Å². The number of ether oxygens (including phenoxy) is 1. The Morgan fingerprint density at radius 2 is 2.19 bits per heavy atom. The van der Waals surface area contributed by atoms with Crippen molar-refractivity contribution in [2.75, 3.05) is 6.61 Å². The molecule has 3 aromatic rings. The fourth-order valence-corrected chi connectivity index (χ4v) is 4.30. The fourth-order valence-electron chi connectivity index (χ4n) is 3.35. The van der Waals surface area contributed by atoms with Crippen LogP contribution in [0.15, 0.2) is 37.4 Å². The van der Waals surface area contributed by atoms with Gasteiger partial charge in [0.2, 0.25) is 0 Å². The van der Waals surface area contributed by atoms with E-state index in [2.05, 4.69) is 10.2 Å². The standard InChI is InChI=1S/C19H21N3O4S/c1-11-5-6-15-13(8-16(23)26-17(15)12(11)2)10-27-19-21-20-18(24)22(19)9-14-4-3-7-25-14/h5-6,8,14H,3-4,7,9-10H2,1-2H3,(H,20,24)/t14-/m1/s1. The van der Waals surface area contributed by atoms with Gasteiger partial charge in [-0.1, -0.05) is 23.9 Å². The van der Waals surface area contributed by atoms with E-state index in [1.165, 1.54) is 17.8 Å². The van der Waals surface area contributed by atoms with Crippen LogP contribution in [0.4, 0.5) is 0 Å². The molecule has 1 aliphatic heterocycles. The second-order valence-electron chi connectivity index (χ2n) is 6.82. The lowest BCUT2D eigenvalue weighted by Crippen LogP contribution is -2.24. The predicted molar refractivity (Wildman–Crippen MR) is 103 cm³/mol. The Morgan fingerprint density at radius 1 is 1.33 bits per heavy atom. The molecule has 0 amide bonds. The zero-order chi connectivity index (χ0) is 19.0. The summed E-state index contributed by atoms with van der Waals surface area (Å²) in [5, 5.41) is 8.16. The van der Waals surface area contributed by atoms with Crippen LogP contribution in [0, 0.1) is 13.8 Å². The maximum absolute atomic E-state index is 12.1. The van der Waals surface area contributed by atoms with Crippen LogP contribution in [0.3, 0.4) is 0 Å². The van der Waals surface area contributed by atoms with Gasteiger partial charge in [-0.05, 0) is 43.4 Å². The summed E-state index contributed by atoms with van der Waals surface area (Å²) in [6.07, 6.45) is 2.02. The summed E-state index contributed by atoms with van der Waals surface area (Å²) in [6.45, 7) is 5.17. The van der Waals surface area contributed by atoms with Crippen molar-refractivity contribution in [2.24, 2.45) is 0 Å². The fraction of sp³-hybridized carbons (Fsp3) is 0.421. The van der Waals surface area contributed by atoms with E-state index in [1.54, 1.807) is 4.57 Å². The average molecular weight is 387 g/mol. The van der Waals surface area contributed by atoms with Crippen LogP contribution in [0.1, 0.15) is 29.5 Å². The minimum Gasteiger partial charge on any atom is -0.422 e. The second-order valence-corrected chi connectivity index (χ2v) is 7.76. The monoisotopic (exact) mass is 387 g/mol. The highest BCUT2D eigenvalue weighted by Crippen LogP contribution is 2.28. The van der Waals surface area contributed by atoms with E-state index in [0.717, 1.165) is 41.5 Å². The Morgan fingerprint density at radius 3 is 2.96 bits per heavy atom. The van der Waals surface area contributed by atoms with Crippen LogP contribution in [-0.2, 0) is 17.0 Å². The molecular weight excluding hydrogens is 366 g/mol. The first kappa shape index (κ1) is 18.1. The molecule has 1 aliphatic rings. The van der Waals surface area contributed by atoms with Crippen molar-refractivity contribution in [1.82, 2.24) is 14.8 Å². The molecule has 1 atom stereocenters. The zero-order valence-electron chi connectivity index (χ0n) is 15.3. The van der Waals surface area contributed by atoms with Crippen molar-refractivity contribution >= 4 is 22.7 Å². The predicted octanol–water partition coefficient (Wildman–Crippen LogP) is 2.77. The summed E-state index contributed by atoms with van der Waals surface area (Å²) in [5.41, 5.74) is 2.92. The largest absolute Gasteiger partial charge is 0.422 e. The lowest BCUT2D eigenvalue weighted by Gasteiger charge is -2.11. The van der Waals surface area contributed by atoms with Gasteiger partial charge in [-0.15, -0.1) is 5.10 Å². The number of aromatic amines is 1. The van der Waals surface area contributed by atoms with E-state index < -0.39 is 0 Å². The highest BCUT2D eigenvalue weighted by atomic mass is 32.2. The van der Waals surface area contributed by atoms with E-state index in [0.29, 0.717) is 23.0 Å². The van der Waals surface area contributed by atoms with Crippen molar-refractivity contribution in [3.63, 3.8) is 0 Å². The van der Waals surface area contributed by atoms with E-state index >= 15 is 0 Å². The number of fused-ring (bicyclic) bond motifs is 1. The van der Waals surface area contributed by atoms with Gasteiger partial charge in [0.15, 0.2) is 5.16 Å². The van der Waals surface area contributed by atoms with Crippen LogP contribution in [0.25, 0.3) is 11.0 Å². The molecule has 8 heteroatoms. The number of hydrogen-bond acceptors (Lipinski definition) is 6. The van der Waals surface area contributed by atoms with Gasteiger partial charge in [-0.3, -0.25) is 4.57 Å². The topological polar surface area (TPSA) is 90.1 Å². The first-order valence-electron chi connectivity index (χ1n) is 8.95. The number of thioether (sulfide) groups is 1. The smallest absolute Gasteiger partial charge is 0.344 e. The molecule has 0 radical (unpaired) electrons. The molecule has 1 aromatic carbocycles. The Bertz CT molecular complexity index is 1090. The van der Waals surface area contributed by atoms with Crippen molar-refractivity contribution in [1.29, 1.82) is 0 Å². The molecule has 142 valence electrons. The van der Waals surface area contributed by atoms with E-state index in [9.17, 15) is 9.59 Å². The SMILES string of the molecule is Cc1ccc2c(CSc3n[nH]c(=O)n3C[C@H]3CCCO3)cc(=O)oc2c1C. The van der Waals surface area contributed by atoms with Gasteiger partial charge in [0.25, 0.3) is 0 Å². The van der Waals surface area contributed by atoms with E-state index in [-0.39, 0.29) is 17.4 Å². The van der Waals surface area contributed by atoms with Gasteiger partial charge < -0.3 is 9.15 Å². The molecule has 0 saturated carbocycles. The highest BCUT2D eigenvalue weighted by molar-refractivity contribution is 7.98. The maximum atomic E-state index is 12.1. The van der Waals surface area contributed by atoms with Crippen molar-refractivity contribution in [3.8, 4) is 0 Å². The molecule has 2 aromatic heterocycles. The zero-order valence-corrected chi connectivity index (χ0v) is 16.1. The number of H-pyrrole nitrogens is 1. The normalized spacial score (nSPS) is 17.0. The molecular formula is C19H21N3O4S. The van der Waals surface area contributed by atoms with Crippen molar-refractivity contribution < 1.29 is 9.15 Å². The Kier molecular flexibility index (Phi) is 4.92. The summed E-state index contributed by atoms with van der Waals surface area (Å²) in [4.78, 5) is 24.1. The first-order valence-corrected chi connectivity index (χ1v) is 9.94. The van der Waals surface area contributed by atoms with Gasteiger partial charge in [-0.25, -0.2) is 14.7 Å². The minimum atomic E-state index is -0.370. The maximum Gasteiger partial charge on any atom is 0.344 e. The molecule has 4 rings (SSSR count). The van der Waals surface area contributed by atoms with Gasteiger partial charge >= 0.3 is 11.3 Å². The number of hydrogen-bond donors (Lipinski definition) is 1. The average Bonchev–Trinajstić information content (AvgIpc) is 3.28. The molecule has 1 N–H and O–H groups in total. The third-order valence-corrected chi connectivity index (χ3v) is 6.03. The van der Waals surface area contributed by atoms with Crippen LogP contribution in [0.2, 0.25) is 0 Å². The molecule has 0 unspecified atom stereocenters. The Balaban J connectivity index is 1.62. The molecule has 3 heterocycles. The summed E-state index contributed by atoms with van der Waals surface area (Å²) in [6, 6.07) is 5.51. The van der Waals surface area contributed by atoms with Crippen LogP contribution >= 0.6 is 11.8 Å². The molecule has 27 heavy (non-hydrogen) atoms. The number of aryl methyl sites for hydroxylation is 2. The summed E-state index contributed by atoms with van der Waals surface area (Å²) < 4.78 is 12.7. The number of benzene rings is 1. The molecule has 0 spiro atoms. The van der Waals surface area contributed by atoms with Gasteiger partial charge in [-0.2, -0.15) is 0 Å². The lowest BCUT2D eigenvalue weighted by molar-refractivity contribution is 0.0941. The van der Waals surface area contributed by atoms with Gasteiger partial charge in [0, 0.05) is 23.8 Å². The number of nitrogens with one attached hydrogen (secondary N) is 1. The number of aromatic nitrogens is 3.